The maximum atomic E-state index is 12.6. The van der Waals surface area contributed by atoms with E-state index in [2.05, 4.69) is 23.9 Å². The van der Waals surface area contributed by atoms with Crippen molar-refractivity contribution in [3.63, 3.8) is 0 Å². The van der Waals surface area contributed by atoms with Gasteiger partial charge in [-0.3, -0.25) is 9.69 Å². The minimum Gasteiger partial charge on any atom is -0.385 e. The lowest BCUT2D eigenvalue weighted by atomic mass is 9.84. The number of halogens is 1. The number of carbonyl (C=O) groups is 1. The first kappa shape index (κ1) is 18.6. The summed E-state index contributed by atoms with van der Waals surface area (Å²) in [5, 5.41) is 11.6. The Kier molecular flexibility index (Phi) is 5.68. The third-order valence-electron chi connectivity index (χ3n) is 5.66. The van der Waals surface area contributed by atoms with Crippen LogP contribution in [0.15, 0.2) is 24.3 Å². The lowest BCUT2D eigenvalue weighted by Gasteiger charge is -2.39. The van der Waals surface area contributed by atoms with Gasteiger partial charge in [-0.25, -0.2) is 0 Å². The molecule has 138 valence electrons. The van der Waals surface area contributed by atoms with E-state index in [1.807, 2.05) is 17.0 Å². The van der Waals surface area contributed by atoms with Gasteiger partial charge in [0.1, 0.15) is 0 Å². The molecular formula is C19H28ClN3O2. The maximum Gasteiger partial charge on any atom is 0.236 e. The van der Waals surface area contributed by atoms with Gasteiger partial charge < -0.3 is 14.9 Å². The maximum absolute atomic E-state index is 12.6. The number of rotatable bonds is 4. The van der Waals surface area contributed by atoms with E-state index < -0.39 is 5.60 Å². The van der Waals surface area contributed by atoms with Gasteiger partial charge in [0.2, 0.25) is 5.91 Å². The standard InChI is InChI=1S/C19H28ClN3O2/c1-21(2)17-7-10-22(13-17)14-18(24)23-11-8-19(25,9-12-23)15-3-5-16(20)6-4-15/h3-6,17,25H,7-14H2,1-2H3. The van der Waals surface area contributed by atoms with Gasteiger partial charge in [0, 0.05) is 37.2 Å². The van der Waals surface area contributed by atoms with Crippen LogP contribution in [0.3, 0.4) is 0 Å². The van der Waals surface area contributed by atoms with Crippen LogP contribution in [0.4, 0.5) is 0 Å². The molecule has 1 aromatic carbocycles. The first-order chi connectivity index (χ1) is 11.9. The number of carbonyl (C=O) groups excluding carboxylic acids is 1. The van der Waals surface area contributed by atoms with Crippen LogP contribution in [0.2, 0.25) is 5.02 Å². The van der Waals surface area contributed by atoms with Crippen molar-refractivity contribution in [2.45, 2.75) is 30.9 Å². The molecule has 0 aromatic heterocycles. The van der Waals surface area contributed by atoms with E-state index in [1.54, 1.807) is 12.1 Å². The summed E-state index contributed by atoms with van der Waals surface area (Å²) in [5.74, 6) is 0.178. The number of likely N-dealkylation sites (N-methyl/N-ethyl adjacent to an activating group) is 1. The molecule has 1 atom stereocenters. The highest BCUT2D eigenvalue weighted by Crippen LogP contribution is 2.33. The van der Waals surface area contributed by atoms with Gasteiger partial charge in [-0.05, 0) is 51.1 Å². The van der Waals surface area contributed by atoms with Gasteiger partial charge in [-0.2, -0.15) is 0 Å². The second-order valence-corrected chi connectivity index (χ2v) is 8.00. The Morgan fingerprint density at radius 1 is 1.24 bits per heavy atom. The molecule has 2 saturated heterocycles. The normalized spacial score (nSPS) is 24.0. The first-order valence-corrected chi connectivity index (χ1v) is 9.40. The summed E-state index contributed by atoms with van der Waals surface area (Å²) in [7, 11) is 4.19. The second kappa shape index (κ2) is 7.62. The van der Waals surface area contributed by atoms with Crippen molar-refractivity contribution in [1.29, 1.82) is 0 Å². The zero-order valence-electron chi connectivity index (χ0n) is 15.1. The zero-order valence-corrected chi connectivity index (χ0v) is 15.9. The third kappa shape index (κ3) is 4.34. The minimum atomic E-state index is -0.856. The van der Waals surface area contributed by atoms with E-state index in [0.29, 0.717) is 43.5 Å². The van der Waals surface area contributed by atoms with Crippen molar-refractivity contribution < 1.29 is 9.90 Å². The highest BCUT2D eigenvalue weighted by molar-refractivity contribution is 6.30. The van der Waals surface area contributed by atoms with Crippen LogP contribution in [-0.2, 0) is 10.4 Å². The Hall–Kier alpha value is -1.14. The molecular weight excluding hydrogens is 338 g/mol. The van der Waals surface area contributed by atoms with Crippen LogP contribution in [0.1, 0.15) is 24.8 Å². The van der Waals surface area contributed by atoms with E-state index in [9.17, 15) is 9.90 Å². The number of hydrogen-bond donors (Lipinski definition) is 1. The predicted molar refractivity (Wildman–Crippen MR) is 99.7 cm³/mol. The van der Waals surface area contributed by atoms with E-state index in [-0.39, 0.29) is 5.91 Å². The van der Waals surface area contributed by atoms with Crippen LogP contribution in [0, 0.1) is 0 Å². The largest absolute Gasteiger partial charge is 0.385 e. The highest BCUT2D eigenvalue weighted by atomic mass is 35.5. The van der Waals surface area contributed by atoms with Crippen LogP contribution >= 0.6 is 11.6 Å². The Labute approximate surface area is 155 Å². The van der Waals surface area contributed by atoms with Crippen LogP contribution in [0.5, 0.6) is 0 Å². The first-order valence-electron chi connectivity index (χ1n) is 9.02. The predicted octanol–water partition coefficient (Wildman–Crippen LogP) is 1.79. The van der Waals surface area contributed by atoms with E-state index in [1.165, 1.54) is 0 Å². The summed E-state index contributed by atoms with van der Waals surface area (Å²) in [6, 6.07) is 7.92. The summed E-state index contributed by atoms with van der Waals surface area (Å²) in [4.78, 5) is 19.0. The van der Waals surface area contributed by atoms with Gasteiger partial charge >= 0.3 is 0 Å². The molecule has 1 amide bonds. The highest BCUT2D eigenvalue weighted by Gasteiger charge is 2.36. The fourth-order valence-electron chi connectivity index (χ4n) is 3.84. The van der Waals surface area contributed by atoms with Crippen molar-refractivity contribution in [3.05, 3.63) is 34.9 Å². The van der Waals surface area contributed by atoms with Crippen molar-refractivity contribution in [1.82, 2.24) is 14.7 Å². The molecule has 6 heteroatoms. The minimum absolute atomic E-state index is 0.178. The molecule has 1 N–H and O–H groups in total. The number of hydrogen-bond acceptors (Lipinski definition) is 4. The van der Waals surface area contributed by atoms with Crippen LogP contribution in [0.25, 0.3) is 0 Å². The fourth-order valence-corrected chi connectivity index (χ4v) is 3.97. The molecule has 3 rings (SSSR count). The van der Waals surface area contributed by atoms with Gasteiger partial charge in [-0.15, -0.1) is 0 Å². The number of nitrogens with zero attached hydrogens (tertiary/aromatic N) is 3. The number of benzene rings is 1. The Morgan fingerprint density at radius 3 is 2.44 bits per heavy atom. The summed E-state index contributed by atoms with van der Waals surface area (Å²) in [6.07, 6.45) is 2.26. The third-order valence-corrected chi connectivity index (χ3v) is 5.91. The molecule has 2 fully saturated rings. The van der Waals surface area contributed by atoms with Gasteiger partial charge in [0.15, 0.2) is 0 Å². The molecule has 0 radical (unpaired) electrons. The number of amides is 1. The van der Waals surface area contributed by atoms with Crippen molar-refractivity contribution in [2.24, 2.45) is 0 Å². The molecule has 25 heavy (non-hydrogen) atoms. The van der Waals surface area contributed by atoms with Crippen LogP contribution in [-0.4, -0.2) is 78.6 Å². The van der Waals surface area contributed by atoms with Gasteiger partial charge in [-0.1, -0.05) is 23.7 Å². The Bertz CT molecular complexity index is 597. The second-order valence-electron chi connectivity index (χ2n) is 7.56. The average molecular weight is 366 g/mol. The van der Waals surface area contributed by atoms with Crippen LogP contribution < -0.4 is 0 Å². The summed E-state index contributed by atoms with van der Waals surface area (Å²) in [6.45, 7) is 3.63. The van der Waals surface area contributed by atoms with Gasteiger partial charge in [0.05, 0.1) is 12.1 Å². The molecule has 2 heterocycles. The lowest BCUT2D eigenvalue weighted by Crippen LogP contribution is -2.48. The van der Waals surface area contributed by atoms with Crippen molar-refractivity contribution >= 4 is 17.5 Å². The number of aliphatic hydroxyl groups is 1. The molecule has 0 saturated carbocycles. The topological polar surface area (TPSA) is 47.0 Å². The molecule has 5 nitrogen and oxygen atoms in total. The fraction of sp³-hybridized carbons (Fsp3) is 0.632. The molecule has 0 aliphatic carbocycles. The Balaban J connectivity index is 1.52. The zero-order chi connectivity index (χ0) is 18.0. The molecule has 0 spiro atoms. The van der Waals surface area contributed by atoms with E-state index >= 15 is 0 Å². The molecule has 1 aromatic rings. The molecule has 2 aliphatic heterocycles. The van der Waals surface area contributed by atoms with Gasteiger partial charge in [0.25, 0.3) is 0 Å². The molecule has 1 unspecified atom stereocenters. The molecule has 2 aliphatic rings. The Morgan fingerprint density at radius 2 is 1.88 bits per heavy atom. The lowest BCUT2D eigenvalue weighted by molar-refractivity contribution is -0.136. The SMILES string of the molecule is CN(C)C1CCN(CC(=O)N2CCC(O)(c3ccc(Cl)cc3)CC2)C1. The number of piperidine rings is 1. The van der Waals surface area contributed by atoms with Crippen molar-refractivity contribution in [3.8, 4) is 0 Å². The summed E-state index contributed by atoms with van der Waals surface area (Å²) in [5.41, 5.74) is 0.0303. The smallest absolute Gasteiger partial charge is 0.236 e. The van der Waals surface area contributed by atoms with E-state index in [0.717, 1.165) is 25.1 Å². The quantitative estimate of drug-likeness (QED) is 0.883. The number of likely N-dealkylation sites (tertiary alicyclic amines) is 2. The molecule has 0 bridgehead atoms. The average Bonchev–Trinajstić information content (AvgIpc) is 3.04. The monoisotopic (exact) mass is 365 g/mol. The van der Waals surface area contributed by atoms with E-state index in [4.69, 9.17) is 11.6 Å². The summed E-state index contributed by atoms with van der Waals surface area (Å²) < 4.78 is 0. The van der Waals surface area contributed by atoms with Crippen molar-refractivity contribution in [2.75, 3.05) is 46.8 Å². The summed E-state index contributed by atoms with van der Waals surface area (Å²) >= 11 is 5.93.